The van der Waals surface area contributed by atoms with E-state index in [1.54, 1.807) is 0 Å². The van der Waals surface area contributed by atoms with E-state index in [0.29, 0.717) is 17.9 Å². The third-order valence-corrected chi connectivity index (χ3v) is 4.19. The summed E-state index contributed by atoms with van der Waals surface area (Å²) in [6, 6.07) is 0.546. The van der Waals surface area contributed by atoms with Crippen molar-refractivity contribution in [1.82, 2.24) is 10.2 Å². The van der Waals surface area contributed by atoms with Crippen LogP contribution in [0.2, 0.25) is 0 Å². The molecule has 1 N–H and O–H groups in total. The Bertz CT molecular complexity index is 226. The van der Waals surface area contributed by atoms with Gasteiger partial charge in [-0.15, -0.1) is 0 Å². The zero-order valence-corrected chi connectivity index (χ0v) is 9.64. The van der Waals surface area contributed by atoms with E-state index in [2.05, 4.69) is 19.2 Å². The molecule has 4 heteroatoms. The first-order valence-electron chi connectivity index (χ1n) is 5.31. The molecule has 2 aliphatic heterocycles. The predicted molar refractivity (Wildman–Crippen MR) is 59.2 cm³/mol. The van der Waals surface area contributed by atoms with Crippen molar-refractivity contribution < 1.29 is 4.79 Å². The number of nitrogens with one attached hydrogen (secondary N) is 1. The summed E-state index contributed by atoms with van der Waals surface area (Å²) in [4.78, 5) is 14.0. The molecule has 14 heavy (non-hydrogen) atoms. The van der Waals surface area contributed by atoms with E-state index in [4.69, 9.17) is 0 Å². The lowest BCUT2D eigenvalue weighted by Gasteiger charge is -2.22. The molecular formula is C10H18N2OS. The Hall–Kier alpha value is -0.220. The lowest BCUT2D eigenvalue weighted by atomic mass is 10.0. The Morgan fingerprint density at radius 3 is 2.86 bits per heavy atom. The fourth-order valence-corrected chi connectivity index (χ4v) is 3.36. The van der Waals surface area contributed by atoms with Crippen molar-refractivity contribution in [2.75, 3.05) is 18.2 Å². The van der Waals surface area contributed by atoms with Crippen molar-refractivity contribution in [2.45, 2.75) is 32.4 Å². The van der Waals surface area contributed by atoms with Gasteiger partial charge in [-0.2, -0.15) is 11.8 Å². The number of carbonyl (C=O) groups excluding carboxylic acids is 1. The van der Waals surface area contributed by atoms with Gasteiger partial charge in [0.05, 0.1) is 12.7 Å². The fraction of sp³-hybridized carbons (Fsp3) is 0.900. The van der Waals surface area contributed by atoms with Gasteiger partial charge < -0.3 is 4.90 Å². The second kappa shape index (κ2) is 4.11. The first kappa shape index (κ1) is 10.3. The van der Waals surface area contributed by atoms with Crippen LogP contribution in [0.4, 0.5) is 0 Å². The van der Waals surface area contributed by atoms with Crippen LogP contribution in [0.5, 0.6) is 0 Å². The van der Waals surface area contributed by atoms with Crippen LogP contribution in [0.1, 0.15) is 20.3 Å². The number of hydrogen-bond donors (Lipinski definition) is 1. The Kier molecular flexibility index (Phi) is 3.02. The summed E-state index contributed by atoms with van der Waals surface area (Å²) in [5, 5.41) is 3.30. The topological polar surface area (TPSA) is 32.3 Å². The zero-order valence-electron chi connectivity index (χ0n) is 8.82. The molecule has 2 unspecified atom stereocenters. The third kappa shape index (κ3) is 1.77. The van der Waals surface area contributed by atoms with Crippen LogP contribution < -0.4 is 5.32 Å². The maximum atomic E-state index is 12.0. The minimum absolute atomic E-state index is 0.0561. The normalized spacial score (nSPS) is 33.4. The van der Waals surface area contributed by atoms with Gasteiger partial charge in [-0.1, -0.05) is 13.8 Å². The highest BCUT2D eigenvalue weighted by atomic mass is 32.2. The Morgan fingerprint density at radius 2 is 2.36 bits per heavy atom. The second-order valence-electron chi connectivity index (χ2n) is 4.41. The Labute approximate surface area is 89.6 Å². The predicted octanol–water partition coefficient (Wildman–Crippen LogP) is 0.906. The van der Waals surface area contributed by atoms with Crippen LogP contribution in [0, 0.1) is 5.92 Å². The van der Waals surface area contributed by atoms with Crippen molar-refractivity contribution in [2.24, 2.45) is 5.92 Å². The van der Waals surface area contributed by atoms with Crippen LogP contribution in [0.15, 0.2) is 0 Å². The lowest BCUT2D eigenvalue weighted by Crippen LogP contribution is -2.39. The molecule has 80 valence electrons. The van der Waals surface area contributed by atoms with Crippen LogP contribution in [-0.4, -0.2) is 41.1 Å². The molecule has 2 heterocycles. The summed E-state index contributed by atoms with van der Waals surface area (Å²) in [5.41, 5.74) is 0. The first-order chi connectivity index (χ1) is 6.70. The van der Waals surface area contributed by atoms with E-state index >= 15 is 0 Å². The maximum Gasteiger partial charge on any atom is 0.241 e. The number of rotatable bonds is 2. The van der Waals surface area contributed by atoms with Gasteiger partial charge in [0.15, 0.2) is 0 Å². The minimum Gasteiger partial charge on any atom is -0.325 e. The molecule has 2 saturated heterocycles. The molecule has 2 rings (SSSR count). The van der Waals surface area contributed by atoms with Crippen molar-refractivity contribution in [3.8, 4) is 0 Å². The van der Waals surface area contributed by atoms with E-state index < -0.39 is 0 Å². The molecule has 1 amide bonds. The summed E-state index contributed by atoms with van der Waals surface area (Å²) in [6.07, 6.45) is 1.17. The number of hydrogen-bond acceptors (Lipinski definition) is 3. The Morgan fingerprint density at radius 1 is 1.57 bits per heavy atom. The van der Waals surface area contributed by atoms with Crippen LogP contribution >= 0.6 is 11.8 Å². The molecule has 0 bridgehead atoms. The minimum atomic E-state index is 0.0561. The average Bonchev–Trinajstić information content (AvgIpc) is 2.71. The van der Waals surface area contributed by atoms with Crippen molar-refractivity contribution in [3.05, 3.63) is 0 Å². The van der Waals surface area contributed by atoms with E-state index in [1.807, 2.05) is 16.7 Å². The van der Waals surface area contributed by atoms with Crippen LogP contribution in [0.3, 0.4) is 0 Å². The molecule has 0 aromatic carbocycles. The highest BCUT2D eigenvalue weighted by Crippen LogP contribution is 2.25. The molecule has 2 atom stereocenters. The summed E-state index contributed by atoms with van der Waals surface area (Å²) in [5.74, 6) is 3.05. The number of nitrogens with zero attached hydrogens (tertiary/aromatic N) is 1. The fourth-order valence-electron chi connectivity index (χ4n) is 2.14. The molecule has 0 radical (unpaired) electrons. The monoisotopic (exact) mass is 214 g/mol. The lowest BCUT2D eigenvalue weighted by molar-refractivity contribution is -0.131. The maximum absolute atomic E-state index is 12.0. The van der Waals surface area contributed by atoms with Crippen LogP contribution in [-0.2, 0) is 4.79 Å². The Balaban J connectivity index is 1.99. The zero-order chi connectivity index (χ0) is 10.1. The molecule has 2 fully saturated rings. The first-order valence-corrected chi connectivity index (χ1v) is 6.47. The van der Waals surface area contributed by atoms with Crippen LogP contribution in [0.25, 0.3) is 0 Å². The van der Waals surface area contributed by atoms with Gasteiger partial charge in [-0.25, -0.2) is 0 Å². The standard InChI is InChI=1S/C10H18N2OS/c1-7(2)9-10(13)12(6-11-9)8-3-4-14-5-8/h7-9,11H,3-6H2,1-2H3. The molecule has 3 nitrogen and oxygen atoms in total. The van der Waals surface area contributed by atoms with E-state index in [-0.39, 0.29) is 6.04 Å². The summed E-state index contributed by atoms with van der Waals surface area (Å²) in [6.45, 7) is 4.96. The van der Waals surface area contributed by atoms with Gasteiger partial charge in [0.1, 0.15) is 0 Å². The SMILES string of the molecule is CC(C)C1NCN(C2CCSC2)C1=O. The number of carbonyl (C=O) groups is 1. The molecule has 0 aromatic rings. The van der Waals surface area contributed by atoms with Gasteiger partial charge >= 0.3 is 0 Å². The van der Waals surface area contributed by atoms with Gasteiger partial charge in [0.2, 0.25) is 5.91 Å². The number of thioether (sulfide) groups is 1. The third-order valence-electron chi connectivity index (χ3n) is 3.04. The van der Waals surface area contributed by atoms with Crippen molar-refractivity contribution in [3.63, 3.8) is 0 Å². The summed E-state index contributed by atoms with van der Waals surface area (Å²) < 4.78 is 0. The molecular weight excluding hydrogens is 196 g/mol. The molecule has 2 aliphatic rings. The summed E-state index contributed by atoms with van der Waals surface area (Å²) >= 11 is 1.96. The van der Waals surface area contributed by atoms with E-state index in [0.717, 1.165) is 12.4 Å². The molecule has 0 aliphatic carbocycles. The quantitative estimate of drug-likeness (QED) is 0.741. The molecule has 0 saturated carbocycles. The highest BCUT2D eigenvalue weighted by Gasteiger charge is 2.37. The van der Waals surface area contributed by atoms with E-state index in [1.165, 1.54) is 12.2 Å². The largest absolute Gasteiger partial charge is 0.325 e. The van der Waals surface area contributed by atoms with Gasteiger partial charge in [0.25, 0.3) is 0 Å². The molecule has 0 aromatic heterocycles. The average molecular weight is 214 g/mol. The van der Waals surface area contributed by atoms with Crippen molar-refractivity contribution >= 4 is 17.7 Å². The molecule has 0 spiro atoms. The summed E-state index contributed by atoms with van der Waals surface area (Å²) in [7, 11) is 0. The smallest absolute Gasteiger partial charge is 0.241 e. The second-order valence-corrected chi connectivity index (χ2v) is 5.56. The van der Waals surface area contributed by atoms with Gasteiger partial charge in [0, 0.05) is 11.8 Å². The van der Waals surface area contributed by atoms with E-state index in [9.17, 15) is 4.79 Å². The highest BCUT2D eigenvalue weighted by molar-refractivity contribution is 7.99. The van der Waals surface area contributed by atoms with Gasteiger partial charge in [-0.05, 0) is 18.1 Å². The number of amides is 1. The van der Waals surface area contributed by atoms with Crippen molar-refractivity contribution in [1.29, 1.82) is 0 Å². The van der Waals surface area contributed by atoms with Gasteiger partial charge in [-0.3, -0.25) is 10.1 Å².